The lowest BCUT2D eigenvalue weighted by molar-refractivity contribution is 0.149. The first-order valence-corrected chi connectivity index (χ1v) is 3.85. The van der Waals surface area contributed by atoms with Gasteiger partial charge in [0.15, 0.2) is 0 Å². The van der Waals surface area contributed by atoms with Crippen molar-refractivity contribution < 1.29 is 0 Å². The molecule has 10 heavy (non-hydrogen) atoms. The Balaban J connectivity index is 4.28. The van der Waals surface area contributed by atoms with Crippen LogP contribution in [0.15, 0.2) is 0 Å². The zero-order valence-corrected chi connectivity index (χ0v) is 7.78. The summed E-state index contributed by atoms with van der Waals surface area (Å²) in [5.74, 6) is 5.42. The predicted octanol–water partition coefficient (Wildman–Crippen LogP) is 1.66. The van der Waals surface area contributed by atoms with E-state index in [2.05, 4.69) is 40.0 Å². The normalized spacial score (nSPS) is 13.8. The van der Waals surface area contributed by atoms with Gasteiger partial charge in [-0.3, -0.25) is 11.3 Å². The van der Waals surface area contributed by atoms with Gasteiger partial charge in [-0.25, -0.2) is 0 Å². The Kier molecular flexibility index (Phi) is 2.86. The van der Waals surface area contributed by atoms with E-state index in [1.54, 1.807) is 0 Å². The highest BCUT2D eigenvalue weighted by molar-refractivity contribution is 4.90. The molecule has 0 amide bonds. The van der Waals surface area contributed by atoms with Crippen molar-refractivity contribution in [1.29, 1.82) is 0 Å². The minimum absolute atomic E-state index is 0.0156. The number of hydrogen-bond donors (Lipinski definition) is 2. The lowest BCUT2D eigenvalue weighted by Crippen LogP contribution is -2.54. The summed E-state index contributed by atoms with van der Waals surface area (Å²) in [4.78, 5) is 0. The Morgan fingerprint density at radius 2 is 1.60 bits per heavy atom. The number of nitrogens with two attached hydrogens (primary N) is 1. The molecule has 0 rings (SSSR count). The van der Waals surface area contributed by atoms with Crippen LogP contribution in [-0.4, -0.2) is 5.54 Å². The second-order valence-corrected chi connectivity index (χ2v) is 4.01. The zero-order chi connectivity index (χ0) is 8.41. The summed E-state index contributed by atoms with van der Waals surface area (Å²) >= 11 is 0. The third-order valence-electron chi connectivity index (χ3n) is 2.94. The van der Waals surface area contributed by atoms with Gasteiger partial charge in [-0.05, 0) is 25.7 Å². The minimum atomic E-state index is 0.0156. The molecule has 0 aliphatic rings. The molecule has 62 valence electrons. The summed E-state index contributed by atoms with van der Waals surface area (Å²) in [6.07, 6.45) is 1.13. The van der Waals surface area contributed by atoms with Crippen molar-refractivity contribution in [1.82, 2.24) is 5.43 Å². The van der Waals surface area contributed by atoms with E-state index in [-0.39, 0.29) is 11.0 Å². The van der Waals surface area contributed by atoms with Crippen LogP contribution >= 0.6 is 0 Å². The monoisotopic (exact) mass is 144 g/mol. The number of hydrogen-bond acceptors (Lipinski definition) is 2. The standard InChI is InChI=1S/C8H20N2/c1-6-7(2,3)8(4,5)10-9/h10H,6,9H2,1-5H3. The van der Waals surface area contributed by atoms with Crippen molar-refractivity contribution >= 4 is 0 Å². The Morgan fingerprint density at radius 1 is 1.20 bits per heavy atom. The van der Waals surface area contributed by atoms with Gasteiger partial charge in [0.05, 0.1) is 0 Å². The van der Waals surface area contributed by atoms with Crippen LogP contribution < -0.4 is 11.3 Å². The molecule has 0 aliphatic carbocycles. The predicted molar refractivity (Wildman–Crippen MR) is 45.5 cm³/mol. The molecule has 0 unspecified atom stereocenters. The quantitative estimate of drug-likeness (QED) is 0.467. The van der Waals surface area contributed by atoms with Crippen LogP contribution in [0.25, 0.3) is 0 Å². The molecule has 0 aliphatic heterocycles. The van der Waals surface area contributed by atoms with Gasteiger partial charge in [0.25, 0.3) is 0 Å². The largest absolute Gasteiger partial charge is 0.271 e. The Bertz CT molecular complexity index is 91.8. The highest BCUT2D eigenvalue weighted by Crippen LogP contribution is 2.32. The van der Waals surface area contributed by atoms with Crippen molar-refractivity contribution in [3.05, 3.63) is 0 Å². The summed E-state index contributed by atoms with van der Waals surface area (Å²) in [6, 6.07) is 0. The first-order valence-electron chi connectivity index (χ1n) is 3.85. The summed E-state index contributed by atoms with van der Waals surface area (Å²) in [5, 5.41) is 0. The van der Waals surface area contributed by atoms with Crippen molar-refractivity contribution in [2.45, 2.75) is 46.6 Å². The van der Waals surface area contributed by atoms with E-state index in [4.69, 9.17) is 5.84 Å². The van der Waals surface area contributed by atoms with Gasteiger partial charge < -0.3 is 0 Å². The first-order chi connectivity index (χ1) is 4.37. The summed E-state index contributed by atoms with van der Waals surface area (Å²) in [7, 11) is 0. The molecule has 0 aromatic carbocycles. The molecule has 0 aromatic heterocycles. The minimum Gasteiger partial charge on any atom is -0.271 e. The topological polar surface area (TPSA) is 38.0 Å². The summed E-state index contributed by atoms with van der Waals surface area (Å²) in [6.45, 7) is 10.9. The highest BCUT2D eigenvalue weighted by atomic mass is 15.3. The average molecular weight is 144 g/mol. The molecule has 0 spiro atoms. The maximum Gasteiger partial charge on any atom is 0.0315 e. The second-order valence-electron chi connectivity index (χ2n) is 4.01. The maximum absolute atomic E-state index is 5.42. The smallest absolute Gasteiger partial charge is 0.0315 e. The Hall–Kier alpha value is -0.0800. The van der Waals surface area contributed by atoms with E-state index in [9.17, 15) is 0 Å². The molecule has 3 N–H and O–H groups in total. The molecule has 0 aromatic rings. The van der Waals surface area contributed by atoms with E-state index in [0.717, 1.165) is 6.42 Å². The van der Waals surface area contributed by atoms with Gasteiger partial charge >= 0.3 is 0 Å². The van der Waals surface area contributed by atoms with Gasteiger partial charge in [0, 0.05) is 5.54 Å². The molecule has 2 heteroatoms. The molecule has 0 bridgehead atoms. The van der Waals surface area contributed by atoms with E-state index < -0.39 is 0 Å². The Labute approximate surface area is 64.2 Å². The van der Waals surface area contributed by atoms with Crippen LogP contribution in [0.4, 0.5) is 0 Å². The number of nitrogens with one attached hydrogen (secondary N) is 1. The van der Waals surface area contributed by atoms with E-state index in [1.165, 1.54) is 0 Å². The third-order valence-corrected chi connectivity index (χ3v) is 2.94. The van der Waals surface area contributed by atoms with Gasteiger partial charge in [0.2, 0.25) is 0 Å². The van der Waals surface area contributed by atoms with Crippen molar-refractivity contribution in [3.8, 4) is 0 Å². The second kappa shape index (κ2) is 2.89. The average Bonchev–Trinajstić information content (AvgIpc) is 1.88. The van der Waals surface area contributed by atoms with E-state index in [1.807, 2.05) is 0 Å². The van der Waals surface area contributed by atoms with E-state index in [0.29, 0.717) is 0 Å². The fourth-order valence-corrected chi connectivity index (χ4v) is 0.637. The molecular weight excluding hydrogens is 124 g/mol. The van der Waals surface area contributed by atoms with Crippen LogP contribution in [0.5, 0.6) is 0 Å². The Morgan fingerprint density at radius 3 is 1.70 bits per heavy atom. The number of hydrazine groups is 1. The zero-order valence-electron chi connectivity index (χ0n) is 7.78. The van der Waals surface area contributed by atoms with Crippen LogP contribution in [0, 0.1) is 5.41 Å². The molecule has 0 atom stereocenters. The van der Waals surface area contributed by atoms with Gasteiger partial charge in [0.1, 0.15) is 0 Å². The van der Waals surface area contributed by atoms with Crippen molar-refractivity contribution in [3.63, 3.8) is 0 Å². The molecule has 0 fully saturated rings. The van der Waals surface area contributed by atoms with Gasteiger partial charge in [-0.15, -0.1) is 0 Å². The molecule has 0 radical (unpaired) electrons. The summed E-state index contributed by atoms with van der Waals surface area (Å²) < 4.78 is 0. The highest BCUT2D eigenvalue weighted by Gasteiger charge is 2.33. The van der Waals surface area contributed by atoms with Crippen LogP contribution in [0.2, 0.25) is 0 Å². The summed E-state index contributed by atoms with van der Waals surface area (Å²) in [5.41, 5.74) is 3.10. The lowest BCUT2D eigenvalue weighted by atomic mass is 9.73. The molecular formula is C8H20N2. The van der Waals surface area contributed by atoms with Gasteiger partial charge in [-0.2, -0.15) is 0 Å². The van der Waals surface area contributed by atoms with Crippen LogP contribution in [0.1, 0.15) is 41.0 Å². The third kappa shape index (κ3) is 1.70. The van der Waals surface area contributed by atoms with Gasteiger partial charge in [-0.1, -0.05) is 20.8 Å². The molecule has 0 saturated carbocycles. The van der Waals surface area contributed by atoms with Crippen LogP contribution in [-0.2, 0) is 0 Å². The fraction of sp³-hybridized carbons (Fsp3) is 1.00. The van der Waals surface area contributed by atoms with Crippen molar-refractivity contribution in [2.24, 2.45) is 11.3 Å². The van der Waals surface area contributed by atoms with Crippen molar-refractivity contribution in [2.75, 3.05) is 0 Å². The number of rotatable bonds is 3. The van der Waals surface area contributed by atoms with Crippen LogP contribution in [0.3, 0.4) is 0 Å². The molecule has 2 nitrogen and oxygen atoms in total. The molecule has 0 heterocycles. The first kappa shape index (κ1) is 9.92. The fourth-order valence-electron chi connectivity index (χ4n) is 0.637. The molecule has 0 saturated heterocycles. The SMILES string of the molecule is CCC(C)(C)C(C)(C)NN. The van der Waals surface area contributed by atoms with E-state index >= 15 is 0 Å². The maximum atomic E-state index is 5.42. The lowest BCUT2D eigenvalue weighted by Gasteiger charge is -2.40.